The fraction of sp³-hybridized carbons (Fsp3) is 0.241. The highest BCUT2D eigenvalue weighted by molar-refractivity contribution is 9.10. The van der Waals surface area contributed by atoms with Crippen LogP contribution in [0.5, 0.6) is 11.5 Å². The molecular weight excluding hydrogens is 630 g/mol. The number of fused-ring (bicyclic) bond motifs is 1. The standard InChI is InChI=1S/C29H26BrN3O10/c1-14-12-33(29(39)32-26(14)36)25-10-22(43-27(37)18-11-31-20-9-19(30)21(35)8-17(18)20)24(42-25)13-41-28(38)23(40-2)7-15-3-5-16(34)6-4-15/h3-9,11-12,22,24-25,31,34-35H,10,13H2,1-2H3,(H,32,36,39). The normalized spacial score (nSPS) is 18.5. The van der Waals surface area contributed by atoms with E-state index in [1.807, 2.05) is 0 Å². The van der Waals surface area contributed by atoms with Crippen LogP contribution in [0.2, 0.25) is 0 Å². The zero-order valence-electron chi connectivity index (χ0n) is 22.8. The number of aryl methyl sites for hydroxylation is 1. The number of nitrogens with zero attached hydrogens (tertiary/aromatic N) is 1. The van der Waals surface area contributed by atoms with Crippen molar-refractivity contribution in [1.82, 2.24) is 14.5 Å². The van der Waals surface area contributed by atoms with Crippen molar-refractivity contribution in [1.29, 1.82) is 0 Å². The minimum atomic E-state index is -1.00. The molecule has 3 atom stereocenters. The van der Waals surface area contributed by atoms with E-state index in [-0.39, 0.29) is 41.4 Å². The third kappa shape index (κ3) is 6.34. The number of phenolic OH excluding ortho intramolecular Hbond substituents is 2. The van der Waals surface area contributed by atoms with Crippen molar-refractivity contribution in [2.45, 2.75) is 31.8 Å². The number of methoxy groups -OCH3 is 1. The lowest BCUT2D eigenvalue weighted by molar-refractivity contribution is -0.149. The molecule has 0 saturated carbocycles. The Bertz CT molecular complexity index is 1840. The molecular formula is C29H26BrN3O10. The summed E-state index contributed by atoms with van der Waals surface area (Å²) in [5, 5.41) is 20.0. The number of hydrogen-bond acceptors (Lipinski definition) is 10. The number of aromatic amines is 2. The summed E-state index contributed by atoms with van der Waals surface area (Å²) in [5.74, 6) is -1.72. The Hall–Kier alpha value is -4.82. The fourth-order valence-electron chi connectivity index (χ4n) is 4.60. The van der Waals surface area contributed by atoms with E-state index >= 15 is 0 Å². The number of nitrogens with one attached hydrogen (secondary N) is 2. The first-order chi connectivity index (χ1) is 20.5. The van der Waals surface area contributed by atoms with Gasteiger partial charge in [-0.25, -0.2) is 14.4 Å². The summed E-state index contributed by atoms with van der Waals surface area (Å²) in [5.41, 5.74) is 0.285. The van der Waals surface area contributed by atoms with Crippen LogP contribution in [0.3, 0.4) is 0 Å². The first kappa shape index (κ1) is 29.7. The van der Waals surface area contributed by atoms with Crippen LogP contribution in [0.15, 0.2) is 68.6 Å². The van der Waals surface area contributed by atoms with Crippen LogP contribution in [0.25, 0.3) is 17.0 Å². The minimum Gasteiger partial charge on any atom is -0.508 e. The van der Waals surface area contributed by atoms with Crippen LogP contribution < -0.4 is 11.2 Å². The van der Waals surface area contributed by atoms with Crippen LogP contribution in [-0.2, 0) is 23.7 Å². The molecule has 14 heteroatoms. The second kappa shape index (κ2) is 12.2. The molecule has 43 heavy (non-hydrogen) atoms. The van der Waals surface area contributed by atoms with Crippen molar-refractivity contribution < 1.29 is 38.7 Å². The number of aromatic hydroxyl groups is 2. The highest BCUT2D eigenvalue weighted by atomic mass is 79.9. The van der Waals surface area contributed by atoms with Crippen LogP contribution in [-0.4, -0.2) is 62.6 Å². The topological polar surface area (TPSA) is 182 Å². The first-order valence-electron chi connectivity index (χ1n) is 12.9. The summed E-state index contributed by atoms with van der Waals surface area (Å²) < 4.78 is 24.0. The quantitative estimate of drug-likeness (QED) is 0.125. The number of aromatic nitrogens is 3. The van der Waals surface area contributed by atoms with Crippen molar-refractivity contribution in [3.63, 3.8) is 0 Å². The summed E-state index contributed by atoms with van der Waals surface area (Å²) in [7, 11) is 1.29. The highest BCUT2D eigenvalue weighted by Gasteiger charge is 2.41. The molecule has 13 nitrogen and oxygen atoms in total. The van der Waals surface area contributed by atoms with Crippen molar-refractivity contribution in [2.24, 2.45) is 0 Å². The molecule has 0 radical (unpaired) electrons. The van der Waals surface area contributed by atoms with E-state index in [0.29, 0.717) is 20.9 Å². The van der Waals surface area contributed by atoms with E-state index in [1.54, 1.807) is 18.2 Å². The number of ether oxygens (including phenoxy) is 4. The lowest BCUT2D eigenvalue weighted by Crippen LogP contribution is -2.33. The van der Waals surface area contributed by atoms with Crippen molar-refractivity contribution in [3.05, 3.63) is 96.6 Å². The van der Waals surface area contributed by atoms with Gasteiger partial charge in [-0.15, -0.1) is 0 Å². The molecule has 2 aromatic heterocycles. The van der Waals surface area contributed by atoms with Crippen molar-refractivity contribution in [3.8, 4) is 11.5 Å². The van der Waals surface area contributed by atoms with Gasteiger partial charge in [0, 0.05) is 35.3 Å². The zero-order valence-corrected chi connectivity index (χ0v) is 24.4. The van der Waals surface area contributed by atoms with Gasteiger partial charge >= 0.3 is 17.6 Å². The predicted octanol–water partition coefficient (Wildman–Crippen LogP) is 3.24. The van der Waals surface area contributed by atoms with Gasteiger partial charge in [-0.3, -0.25) is 14.3 Å². The van der Waals surface area contributed by atoms with Crippen LogP contribution in [0.4, 0.5) is 0 Å². The average Bonchev–Trinajstić information content (AvgIpc) is 3.57. The summed E-state index contributed by atoms with van der Waals surface area (Å²) in [6, 6.07) is 9.08. The van der Waals surface area contributed by atoms with E-state index < -0.39 is 41.6 Å². The van der Waals surface area contributed by atoms with Gasteiger partial charge < -0.3 is 34.1 Å². The van der Waals surface area contributed by atoms with Gasteiger partial charge in [0.15, 0.2) is 0 Å². The summed E-state index contributed by atoms with van der Waals surface area (Å²) >= 11 is 3.23. The molecule has 0 aliphatic carbocycles. The van der Waals surface area contributed by atoms with Gasteiger partial charge in [-0.2, -0.15) is 0 Å². The monoisotopic (exact) mass is 655 g/mol. The van der Waals surface area contributed by atoms with Crippen molar-refractivity contribution in [2.75, 3.05) is 13.7 Å². The lowest BCUT2D eigenvalue weighted by atomic mass is 10.1. The lowest BCUT2D eigenvalue weighted by Gasteiger charge is -2.19. The number of carbonyl (C=O) groups excluding carboxylic acids is 2. The summed E-state index contributed by atoms with van der Waals surface area (Å²) in [6.45, 7) is 1.15. The Morgan fingerprint density at radius 2 is 1.93 bits per heavy atom. The van der Waals surface area contributed by atoms with Gasteiger partial charge in [0.25, 0.3) is 5.56 Å². The van der Waals surface area contributed by atoms with Crippen molar-refractivity contribution >= 4 is 44.8 Å². The molecule has 1 aliphatic rings. The first-order valence-corrected chi connectivity index (χ1v) is 13.7. The molecule has 0 bridgehead atoms. The number of hydrogen-bond donors (Lipinski definition) is 4. The number of benzene rings is 2. The van der Waals surface area contributed by atoms with E-state index in [1.165, 1.54) is 55.3 Å². The van der Waals surface area contributed by atoms with Gasteiger partial charge in [-0.05, 0) is 58.8 Å². The maximum absolute atomic E-state index is 13.3. The summed E-state index contributed by atoms with van der Waals surface area (Å²) in [6.07, 6.45) is 1.26. The number of H-pyrrole nitrogens is 2. The Balaban J connectivity index is 1.38. The molecule has 1 fully saturated rings. The molecule has 5 rings (SSSR count). The van der Waals surface area contributed by atoms with Crippen LogP contribution in [0, 0.1) is 6.92 Å². The SMILES string of the molecule is COC(=Cc1ccc(O)cc1)C(=O)OCC1OC(n2cc(C)c(=O)[nH]c2=O)CC1OC(=O)c1c[nH]c2cc(Br)c(O)cc12. The molecule has 4 N–H and O–H groups in total. The van der Waals surface area contributed by atoms with Gasteiger partial charge in [0.1, 0.15) is 36.5 Å². The van der Waals surface area contributed by atoms with Gasteiger partial charge in [0.05, 0.1) is 17.1 Å². The molecule has 3 heterocycles. The zero-order chi connectivity index (χ0) is 30.8. The third-order valence-corrected chi connectivity index (χ3v) is 7.49. The Labute approximate surface area is 251 Å². The maximum atomic E-state index is 13.3. The highest BCUT2D eigenvalue weighted by Crippen LogP contribution is 2.34. The molecule has 0 spiro atoms. The second-order valence-corrected chi connectivity index (χ2v) is 10.6. The van der Waals surface area contributed by atoms with Gasteiger partial charge in [0.2, 0.25) is 5.76 Å². The van der Waals surface area contributed by atoms with Crippen LogP contribution in [0.1, 0.15) is 34.1 Å². The fourth-order valence-corrected chi connectivity index (χ4v) is 4.94. The molecule has 224 valence electrons. The Kier molecular flexibility index (Phi) is 8.41. The second-order valence-electron chi connectivity index (χ2n) is 9.74. The molecule has 1 saturated heterocycles. The summed E-state index contributed by atoms with van der Waals surface area (Å²) in [4.78, 5) is 55.8. The number of phenols is 2. The average molecular weight is 656 g/mol. The van der Waals surface area contributed by atoms with Gasteiger partial charge in [-0.1, -0.05) is 12.1 Å². The number of rotatable bonds is 8. The number of halogens is 1. The largest absolute Gasteiger partial charge is 0.508 e. The predicted molar refractivity (Wildman–Crippen MR) is 156 cm³/mol. The number of esters is 2. The molecule has 3 unspecified atom stereocenters. The van der Waals surface area contributed by atoms with E-state index in [0.717, 1.165) is 0 Å². The smallest absolute Gasteiger partial charge is 0.373 e. The minimum absolute atomic E-state index is 0.00101. The molecule has 4 aromatic rings. The van der Waals surface area contributed by atoms with E-state index in [9.17, 15) is 29.4 Å². The van der Waals surface area contributed by atoms with Crippen LogP contribution >= 0.6 is 15.9 Å². The maximum Gasteiger partial charge on any atom is 0.373 e. The molecule has 0 amide bonds. The van der Waals surface area contributed by atoms with E-state index in [4.69, 9.17) is 18.9 Å². The Morgan fingerprint density at radius 1 is 1.19 bits per heavy atom. The van der Waals surface area contributed by atoms with E-state index in [2.05, 4.69) is 25.9 Å². The Morgan fingerprint density at radius 3 is 2.65 bits per heavy atom. The molecule has 2 aromatic carbocycles. The third-order valence-electron chi connectivity index (χ3n) is 6.85. The molecule has 1 aliphatic heterocycles. The number of carbonyl (C=O) groups is 2.